The number of carboxylic acids is 1. The van der Waals surface area contributed by atoms with Crippen molar-refractivity contribution >= 4 is 49.3 Å². The molecule has 4 heterocycles. The number of fused-ring (bicyclic) bond motifs is 5. The molecule has 1 aliphatic heterocycles. The highest BCUT2D eigenvalue weighted by atomic mass is 32.1. The fourth-order valence-corrected chi connectivity index (χ4v) is 6.33. The highest BCUT2D eigenvalue weighted by Crippen LogP contribution is 2.42. The van der Waals surface area contributed by atoms with Crippen LogP contribution in [-0.4, -0.2) is 27.7 Å². The summed E-state index contributed by atoms with van der Waals surface area (Å²) in [7, 11) is 0. The third kappa shape index (κ3) is 3.26. The number of benzene rings is 2. The molecule has 0 spiro atoms. The van der Waals surface area contributed by atoms with E-state index >= 15 is 0 Å². The zero-order valence-electron chi connectivity index (χ0n) is 19.7. The number of aromatic amines is 1. The third-order valence-corrected chi connectivity index (χ3v) is 8.10. The maximum Gasteiger partial charge on any atom is 0.307 e. The first-order valence-corrected chi connectivity index (χ1v) is 12.6. The summed E-state index contributed by atoms with van der Waals surface area (Å²) in [6, 6.07) is 7.90. The van der Waals surface area contributed by atoms with Gasteiger partial charge in [-0.25, -0.2) is 4.98 Å². The SMILES string of the molecule is Cc1c(-c2c(CC(=O)O)c(C)c3[nH]c(=O)c4cc5ccsc5nc4c3c2C)ccc2c1CCCO2. The second-order valence-electron chi connectivity index (χ2n) is 9.24. The van der Waals surface area contributed by atoms with Crippen molar-refractivity contribution in [3.63, 3.8) is 0 Å². The Morgan fingerprint density at radius 3 is 2.80 bits per heavy atom. The number of H-pyrrole nitrogens is 1. The number of ether oxygens (including phenoxy) is 1. The van der Waals surface area contributed by atoms with Crippen LogP contribution in [0.1, 0.15) is 34.2 Å². The highest BCUT2D eigenvalue weighted by molar-refractivity contribution is 7.16. The van der Waals surface area contributed by atoms with Gasteiger partial charge in [-0.1, -0.05) is 6.07 Å². The monoisotopic (exact) mass is 484 g/mol. The lowest BCUT2D eigenvalue weighted by Gasteiger charge is -2.24. The Kier molecular flexibility index (Phi) is 4.93. The van der Waals surface area contributed by atoms with E-state index in [0.717, 1.165) is 67.6 Å². The second-order valence-corrected chi connectivity index (χ2v) is 10.1. The Labute approximate surface area is 205 Å². The van der Waals surface area contributed by atoms with Crippen molar-refractivity contribution in [2.75, 3.05) is 6.61 Å². The van der Waals surface area contributed by atoms with Crippen molar-refractivity contribution in [2.24, 2.45) is 0 Å². The fourth-order valence-electron chi connectivity index (χ4n) is 5.58. The standard InChI is InChI=1S/C28H24N2O4S/c1-13-17-5-4-9-34-21(17)7-6-18(13)23-15(3)24-25(14(2)19(23)12-22(31)32)29-27(33)20-11-16-8-10-35-28(16)30-26(20)24/h6-8,10-11H,4-5,9,12H2,1-3H3,(H,29,33)(H,31,32). The molecule has 0 fully saturated rings. The Balaban J connectivity index is 1.79. The number of hydrogen-bond acceptors (Lipinski definition) is 5. The van der Waals surface area contributed by atoms with Gasteiger partial charge < -0.3 is 14.8 Å². The van der Waals surface area contributed by atoms with Crippen LogP contribution in [0, 0.1) is 20.8 Å². The summed E-state index contributed by atoms with van der Waals surface area (Å²) in [6.45, 7) is 6.71. The predicted octanol–water partition coefficient (Wildman–Crippen LogP) is 5.84. The van der Waals surface area contributed by atoms with Crippen molar-refractivity contribution in [3.05, 3.63) is 67.8 Å². The number of aromatic nitrogens is 2. The van der Waals surface area contributed by atoms with Crippen LogP contribution in [0.4, 0.5) is 0 Å². The number of aryl methyl sites for hydroxylation is 2. The van der Waals surface area contributed by atoms with Gasteiger partial charge in [0.25, 0.3) is 5.56 Å². The van der Waals surface area contributed by atoms with Crippen LogP contribution >= 0.6 is 11.3 Å². The molecule has 0 radical (unpaired) electrons. The van der Waals surface area contributed by atoms with Crippen LogP contribution in [0.15, 0.2) is 34.4 Å². The molecular weight excluding hydrogens is 460 g/mol. The number of thiophene rings is 1. The molecule has 0 saturated heterocycles. The molecular formula is C28H24N2O4S. The molecule has 5 aromatic rings. The number of rotatable bonds is 3. The molecule has 0 amide bonds. The number of nitrogens with zero attached hydrogens (tertiary/aromatic N) is 1. The Morgan fingerprint density at radius 1 is 1.17 bits per heavy atom. The van der Waals surface area contributed by atoms with Gasteiger partial charge in [-0.2, -0.15) is 0 Å². The average molecular weight is 485 g/mol. The molecule has 1 aliphatic rings. The number of pyridine rings is 2. The van der Waals surface area contributed by atoms with E-state index in [0.29, 0.717) is 23.0 Å². The molecule has 0 bridgehead atoms. The molecule has 6 rings (SSSR count). The summed E-state index contributed by atoms with van der Waals surface area (Å²) in [5, 5.41) is 14.1. The van der Waals surface area contributed by atoms with Gasteiger partial charge in [0.1, 0.15) is 10.6 Å². The smallest absolute Gasteiger partial charge is 0.307 e. The average Bonchev–Trinajstić information content (AvgIpc) is 3.30. The minimum Gasteiger partial charge on any atom is -0.493 e. The van der Waals surface area contributed by atoms with Gasteiger partial charge in [-0.05, 0) is 96.1 Å². The summed E-state index contributed by atoms with van der Waals surface area (Å²) in [5.41, 5.74) is 7.70. The zero-order valence-corrected chi connectivity index (χ0v) is 20.6. The molecule has 0 saturated carbocycles. The summed E-state index contributed by atoms with van der Waals surface area (Å²) in [6.07, 6.45) is 1.76. The van der Waals surface area contributed by atoms with Gasteiger partial charge in [0.2, 0.25) is 0 Å². The maximum absolute atomic E-state index is 13.1. The minimum absolute atomic E-state index is 0.136. The highest BCUT2D eigenvalue weighted by Gasteiger charge is 2.24. The van der Waals surface area contributed by atoms with Crippen LogP contribution in [0.5, 0.6) is 5.75 Å². The molecule has 0 unspecified atom stereocenters. The van der Waals surface area contributed by atoms with E-state index in [1.165, 1.54) is 5.56 Å². The van der Waals surface area contributed by atoms with Gasteiger partial charge in [-0.3, -0.25) is 9.59 Å². The van der Waals surface area contributed by atoms with Crippen LogP contribution in [-0.2, 0) is 17.6 Å². The van der Waals surface area contributed by atoms with Gasteiger partial charge in [-0.15, -0.1) is 11.3 Å². The first-order valence-electron chi connectivity index (χ1n) is 11.7. The molecule has 0 atom stereocenters. The normalized spacial score (nSPS) is 13.3. The maximum atomic E-state index is 13.1. The largest absolute Gasteiger partial charge is 0.493 e. The summed E-state index contributed by atoms with van der Waals surface area (Å²) < 4.78 is 5.88. The van der Waals surface area contributed by atoms with E-state index < -0.39 is 5.97 Å². The van der Waals surface area contributed by atoms with Gasteiger partial charge in [0, 0.05) is 10.8 Å². The van der Waals surface area contributed by atoms with Gasteiger partial charge in [0.05, 0.1) is 29.4 Å². The Hall–Kier alpha value is -3.71. The third-order valence-electron chi connectivity index (χ3n) is 7.27. The lowest BCUT2D eigenvalue weighted by molar-refractivity contribution is -0.136. The number of hydrogen-bond donors (Lipinski definition) is 2. The summed E-state index contributed by atoms with van der Waals surface area (Å²) in [5.74, 6) is -0.00224. The summed E-state index contributed by atoms with van der Waals surface area (Å²) >= 11 is 1.54. The Bertz CT molecular complexity index is 1760. The molecule has 2 N–H and O–H groups in total. The minimum atomic E-state index is -0.909. The van der Waals surface area contributed by atoms with Crippen LogP contribution in [0.3, 0.4) is 0 Å². The molecule has 2 aromatic carbocycles. The molecule has 6 nitrogen and oxygen atoms in total. The van der Waals surface area contributed by atoms with E-state index in [4.69, 9.17) is 9.72 Å². The molecule has 35 heavy (non-hydrogen) atoms. The van der Waals surface area contributed by atoms with Gasteiger partial charge in [0.15, 0.2) is 0 Å². The lowest BCUT2D eigenvalue weighted by atomic mass is 9.83. The van der Waals surface area contributed by atoms with E-state index in [9.17, 15) is 14.7 Å². The van der Waals surface area contributed by atoms with E-state index in [-0.39, 0.29) is 12.0 Å². The van der Waals surface area contributed by atoms with Crippen LogP contribution in [0.25, 0.3) is 43.1 Å². The number of carboxylic acid groups (broad SMARTS) is 1. The first-order chi connectivity index (χ1) is 16.8. The van der Waals surface area contributed by atoms with Crippen molar-refractivity contribution in [1.82, 2.24) is 9.97 Å². The number of carbonyl (C=O) groups is 1. The quantitative estimate of drug-likeness (QED) is 0.314. The van der Waals surface area contributed by atoms with Crippen molar-refractivity contribution < 1.29 is 14.6 Å². The van der Waals surface area contributed by atoms with Crippen LogP contribution in [0.2, 0.25) is 0 Å². The van der Waals surface area contributed by atoms with E-state index in [1.807, 2.05) is 43.5 Å². The fraction of sp³-hybridized carbons (Fsp3) is 0.250. The topological polar surface area (TPSA) is 92.3 Å². The van der Waals surface area contributed by atoms with Crippen molar-refractivity contribution in [1.29, 1.82) is 0 Å². The van der Waals surface area contributed by atoms with E-state index in [2.05, 4.69) is 11.9 Å². The van der Waals surface area contributed by atoms with E-state index in [1.54, 1.807) is 11.3 Å². The van der Waals surface area contributed by atoms with Crippen LogP contribution < -0.4 is 10.3 Å². The molecule has 7 heteroatoms. The molecule has 0 aliphatic carbocycles. The summed E-state index contributed by atoms with van der Waals surface area (Å²) in [4.78, 5) is 33.9. The Morgan fingerprint density at radius 2 is 2.00 bits per heavy atom. The van der Waals surface area contributed by atoms with Crippen molar-refractivity contribution in [3.8, 4) is 16.9 Å². The number of nitrogens with one attached hydrogen (secondary N) is 1. The predicted molar refractivity (Wildman–Crippen MR) is 140 cm³/mol. The number of aliphatic carboxylic acids is 1. The first kappa shape index (κ1) is 21.8. The van der Waals surface area contributed by atoms with Gasteiger partial charge >= 0.3 is 5.97 Å². The molecule has 176 valence electrons. The zero-order chi connectivity index (χ0) is 24.4. The lowest BCUT2D eigenvalue weighted by Crippen LogP contribution is -2.13. The second kappa shape index (κ2) is 7.92. The molecule has 3 aromatic heterocycles. The van der Waals surface area contributed by atoms with Crippen molar-refractivity contribution in [2.45, 2.75) is 40.0 Å².